The van der Waals surface area contributed by atoms with Gasteiger partial charge in [-0.25, -0.2) is 14.6 Å². The number of aromatic nitrogens is 2. The van der Waals surface area contributed by atoms with Crippen molar-refractivity contribution in [3.8, 4) is 0 Å². The van der Waals surface area contributed by atoms with Gasteiger partial charge in [-0.15, -0.1) is 5.11 Å². The van der Waals surface area contributed by atoms with Crippen molar-refractivity contribution in [1.82, 2.24) is 20.6 Å². The number of nitrogens with zero attached hydrogens (tertiary/aromatic N) is 4. The number of H-pyrrole nitrogens is 1. The molecule has 284 valence electrons. The Labute approximate surface area is 315 Å². The molecule has 5 rings (SSSR count). The summed E-state index contributed by atoms with van der Waals surface area (Å²) < 4.78 is 0. The van der Waals surface area contributed by atoms with Crippen molar-refractivity contribution in [3.05, 3.63) is 94.6 Å². The average molecular weight is 735 g/mol. The van der Waals surface area contributed by atoms with Crippen LogP contribution in [0.15, 0.2) is 98.5 Å². The molecule has 3 atom stereocenters. The molecule has 14 nitrogen and oxygen atoms in total. The highest BCUT2D eigenvalue weighted by Gasteiger charge is 2.21. The number of rotatable bonds is 15. The zero-order valence-corrected chi connectivity index (χ0v) is 31.3. The number of aliphatic imine (C=N–C) groups is 1. The molecule has 4 aromatic rings. The molecule has 1 aromatic heterocycles. The van der Waals surface area contributed by atoms with Gasteiger partial charge < -0.3 is 26.0 Å². The van der Waals surface area contributed by atoms with Gasteiger partial charge in [-0.3, -0.25) is 15.4 Å². The molecule has 1 aliphatic rings. The number of hydrogen-bond acceptors (Lipinski definition) is 9. The number of urea groups is 2. The maximum absolute atomic E-state index is 13.4. The molecule has 3 aromatic carbocycles. The van der Waals surface area contributed by atoms with Gasteiger partial charge in [0.2, 0.25) is 11.9 Å². The number of azo groups is 1. The van der Waals surface area contributed by atoms with Gasteiger partial charge in [-0.1, -0.05) is 83.7 Å². The fourth-order valence-corrected chi connectivity index (χ4v) is 6.34. The highest BCUT2D eigenvalue weighted by atomic mass is 16.3. The molecule has 0 saturated carbocycles. The number of benzene rings is 3. The second-order valence-electron chi connectivity index (χ2n) is 13.3. The van der Waals surface area contributed by atoms with Gasteiger partial charge in [-0.2, -0.15) is 10.1 Å². The van der Waals surface area contributed by atoms with Crippen LogP contribution in [-0.2, 0) is 0 Å². The predicted octanol–water partition coefficient (Wildman–Crippen LogP) is 9.17. The molecule has 0 fully saturated rings. The van der Waals surface area contributed by atoms with Crippen LogP contribution in [0.4, 0.5) is 38.3 Å². The first-order valence-electron chi connectivity index (χ1n) is 18.7. The summed E-state index contributed by atoms with van der Waals surface area (Å²) in [5.74, 6) is 0.440. The van der Waals surface area contributed by atoms with E-state index in [2.05, 4.69) is 79.5 Å². The van der Waals surface area contributed by atoms with E-state index in [0.29, 0.717) is 22.8 Å². The van der Waals surface area contributed by atoms with E-state index < -0.39 is 23.8 Å². The minimum Gasteiger partial charge on any atom is -0.368 e. The molecule has 14 heteroatoms. The van der Waals surface area contributed by atoms with E-state index in [9.17, 15) is 19.5 Å². The quantitative estimate of drug-likeness (QED) is 0.0594. The van der Waals surface area contributed by atoms with E-state index in [1.54, 1.807) is 18.2 Å². The number of hydrogen-bond donors (Lipinski definition) is 7. The molecular formula is C40H50N10O4. The van der Waals surface area contributed by atoms with Crippen molar-refractivity contribution in [2.75, 3.05) is 16.0 Å². The number of guanidine groups is 1. The van der Waals surface area contributed by atoms with E-state index >= 15 is 0 Å². The number of amides is 4. The number of aromatic amines is 1. The highest BCUT2D eigenvalue weighted by molar-refractivity contribution is 6.05. The monoisotopic (exact) mass is 734 g/mol. The van der Waals surface area contributed by atoms with E-state index in [1.807, 2.05) is 42.5 Å². The summed E-state index contributed by atoms with van der Waals surface area (Å²) in [5, 5.41) is 35.3. The van der Waals surface area contributed by atoms with Crippen LogP contribution in [0.5, 0.6) is 0 Å². The molecule has 2 heterocycles. The zero-order valence-electron chi connectivity index (χ0n) is 31.3. The molecular weight excluding hydrogens is 685 g/mol. The Bertz CT molecular complexity index is 2080. The first kappa shape index (κ1) is 39.3. The van der Waals surface area contributed by atoms with Crippen molar-refractivity contribution < 1.29 is 14.7 Å². The van der Waals surface area contributed by atoms with Gasteiger partial charge in [0.1, 0.15) is 5.69 Å². The van der Waals surface area contributed by atoms with Crippen molar-refractivity contribution in [3.63, 3.8) is 0 Å². The number of aliphatic hydroxyl groups excluding tert-OH is 1. The molecule has 1 aliphatic heterocycles. The molecule has 0 aliphatic carbocycles. The maximum Gasteiger partial charge on any atom is 0.326 e. The Morgan fingerprint density at radius 2 is 1.54 bits per heavy atom. The van der Waals surface area contributed by atoms with Gasteiger partial charge in [0.05, 0.1) is 11.4 Å². The molecule has 3 unspecified atom stereocenters. The van der Waals surface area contributed by atoms with Gasteiger partial charge >= 0.3 is 12.1 Å². The van der Waals surface area contributed by atoms with E-state index in [1.165, 1.54) is 12.1 Å². The maximum atomic E-state index is 13.4. The summed E-state index contributed by atoms with van der Waals surface area (Å²) in [7, 11) is 0. The third-order valence-electron chi connectivity index (χ3n) is 9.27. The zero-order chi connectivity index (χ0) is 38.5. The molecule has 0 radical (unpaired) electrons. The van der Waals surface area contributed by atoms with E-state index in [0.717, 1.165) is 67.8 Å². The first-order chi connectivity index (χ1) is 26.2. The van der Waals surface area contributed by atoms with Crippen LogP contribution in [0.2, 0.25) is 0 Å². The second kappa shape index (κ2) is 19.3. The van der Waals surface area contributed by atoms with Gasteiger partial charge in [-0.05, 0) is 84.7 Å². The lowest BCUT2D eigenvalue weighted by Gasteiger charge is -2.25. The third-order valence-corrected chi connectivity index (χ3v) is 9.27. The van der Waals surface area contributed by atoms with Crippen molar-refractivity contribution in [1.29, 1.82) is 0 Å². The van der Waals surface area contributed by atoms with Gasteiger partial charge in [0.15, 0.2) is 6.23 Å². The number of carbonyl (C=O) groups is 2. The summed E-state index contributed by atoms with van der Waals surface area (Å²) in [4.78, 5) is 50.3. The lowest BCUT2D eigenvalue weighted by Crippen LogP contribution is -2.46. The van der Waals surface area contributed by atoms with Crippen LogP contribution in [0, 0.1) is 5.92 Å². The third kappa shape index (κ3) is 11.1. The molecule has 0 bridgehead atoms. The minimum absolute atomic E-state index is 0.00863. The second-order valence-corrected chi connectivity index (χ2v) is 13.3. The largest absolute Gasteiger partial charge is 0.368 e. The average Bonchev–Trinajstić information content (AvgIpc) is 3.14. The van der Waals surface area contributed by atoms with E-state index in [4.69, 9.17) is 0 Å². The first-order valence-corrected chi connectivity index (χ1v) is 18.7. The fraction of sp³-hybridized carbons (Fsp3) is 0.375. The number of aliphatic hydroxyl groups is 1. The van der Waals surface area contributed by atoms with Gasteiger partial charge in [0.25, 0.3) is 5.56 Å². The SMILES string of the molecule is CCCCC(CC)C1=CC(O)N=C(NC(=O)Nc2ccc(N=Nc3ccc4ccccc4c3)c(NC(=O)Nc3nc(=O)cc(C(CC)CCCC)[nH]3)c2)N1. The summed E-state index contributed by atoms with van der Waals surface area (Å²) in [6.07, 6.45) is 8.24. The van der Waals surface area contributed by atoms with Crippen LogP contribution in [0.1, 0.15) is 90.7 Å². The Kier molecular flexibility index (Phi) is 14.0. The van der Waals surface area contributed by atoms with Crippen molar-refractivity contribution in [2.24, 2.45) is 21.1 Å². The minimum atomic E-state index is -1.09. The molecule has 0 saturated heterocycles. The Morgan fingerprint density at radius 1 is 0.815 bits per heavy atom. The molecule has 4 amide bonds. The van der Waals surface area contributed by atoms with Crippen LogP contribution in [-0.4, -0.2) is 39.3 Å². The summed E-state index contributed by atoms with van der Waals surface area (Å²) >= 11 is 0. The number of unbranched alkanes of at least 4 members (excludes halogenated alkanes) is 2. The Morgan fingerprint density at radius 3 is 2.28 bits per heavy atom. The lowest BCUT2D eigenvalue weighted by atomic mass is 9.94. The standard InChI is InChI=1S/C40H50N10O4/c1-5-9-13-25(7-3)32-23-35(51)45-37(42-32)47-39(53)41-29-19-20-31(50-49-30-18-17-27-15-11-12-16-28(27)21-30)34(22-29)44-40(54)48-38-43-33(24-36(52)46-38)26(8-4)14-10-6-2/h11-12,15-26,35,51H,5-10,13-14H2,1-4H3,(H3,41,42,45,47,53)(H3,43,44,46,48,52,54). The Balaban J connectivity index is 1.35. The molecule has 0 spiro atoms. The normalized spacial score (nSPS) is 15.2. The van der Waals surface area contributed by atoms with Crippen molar-refractivity contribution >= 4 is 57.5 Å². The smallest absolute Gasteiger partial charge is 0.326 e. The summed E-state index contributed by atoms with van der Waals surface area (Å²) in [6.45, 7) is 8.39. The molecule has 54 heavy (non-hydrogen) atoms. The molecule has 7 N–H and O–H groups in total. The summed E-state index contributed by atoms with van der Waals surface area (Å²) in [5.41, 5.74) is 2.52. The van der Waals surface area contributed by atoms with Gasteiger partial charge in [0, 0.05) is 23.1 Å². The predicted molar refractivity (Wildman–Crippen MR) is 215 cm³/mol. The van der Waals surface area contributed by atoms with Crippen LogP contribution >= 0.6 is 0 Å². The summed E-state index contributed by atoms with van der Waals surface area (Å²) in [6, 6.07) is 18.5. The highest BCUT2D eigenvalue weighted by Crippen LogP contribution is 2.32. The van der Waals surface area contributed by atoms with Crippen LogP contribution in [0.3, 0.4) is 0 Å². The Hall–Kier alpha value is -5.89. The number of allylic oxidation sites excluding steroid dienone is 1. The lowest BCUT2D eigenvalue weighted by molar-refractivity contribution is 0.226. The topological polar surface area (TPSA) is 197 Å². The van der Waals surface area contributed by atoms with Crippen LogP contribution in [0.25, 0.3) is 10.8 Å². The number of fused-ring (bicyclic) bond motifs is 1. The number of carbonyl (C=O) groups excluding carboxylic acids is 2. The fourth-order valence-electron chi connectivity index (χ4n) is 6.34. The van der Waals surface area contributed by atoms with Crippen LogP contribution < -0.4 is 32.1 Å². The van der Waals surface area contributed by atoms with Crippen molar-refractivity contribution in [2.45, 2.75) is 91.2 Å². The number of nitrogens with one attached hydrogen (secondary N) is 6. The van der Waals surface area contributed by atoms with E-state index in [-0.39, 0.29) is 29.4 Å². The number of anilines is 3.